The van der Waals surface area contributed by atoms with Gasteiger partial charge in [0, 0.05) is 23.2 Å². The molecular weight excluding hydrogens is 396 g/mol. The largest absolute Gasteiger partial charge is 0.326 e. The highest BCUT2D eigenvalue weighted by Crippen LogP contribution is 2.29. The minimum atomic E-state index is -0.160. The number of amides is 2. The number of carbonyl (C=O) groups is 2. The highest BCUT2D eigenvalue weighted by atomic mass is 32.1. The molecule has 2 aromatic carbocycles. The third-order valence-electron chi connectivity index (χ3n) is 4.75. The Morgan fingerprint density at radius 3 is 2.33 bits per heavy atom. The van der Waals surface area contributed by atoms with E-state index in [1.165, 1.54) is 11.3 Å². The Kier molecular flexibility index (Phi) is 5.63. The van der Waals surface area contributed by atoms with Gasteiger partial charge in [-0.15, -0.1) is 11.3 Å². The highest BCUT2D eigenvalue weighted by Gasteiger charge is 2.17. The van der Waals surface area contributed by atoms with Crippen LogP contribution in [-0.4, -0.2) is 21.6 Å². The van der Waals surface area contributed by atoms with Crippen molar-refractivity contribution in [2.45, 2.75) is 26.8 Å². The standard InChI is InChI=1S/C23H22N4O2S/c1-3-21(28)24-17-9-11-18(12-10-17)25-22(29)20-13-19-15(2)26-27(23(19)30-20)14-16-7-5-4-6-8-16/h4-13H,3,14H2,1-2H3,(H,24,28)(H,25,29). The van der Waals surface area contributed by atoms with Crippen molar-refractivity contribution < 1.29 is 9.59 Å². The summed E-state index contributed by atoms with van der Waals surface area (Å²) in [5.41, 5.74) is 3.46. The number of benzene rings is 2. The number of nitrogens with one attached hydrogen (secondary N) is 2. The summed E-state index contributed by atoms with van der Waals surface area (Å²) in [6, 6.07) is 19.1. The van der Waals surface area contributed by atoms with Gasteiger partial charge in [0.15, 0.2) is 0 Å². The summed E-state index contributed by atoms with van der Waals surface area (Å²) in [7, 11) is 0. The van der Waals surface area contributed by atoms with E-state index in [9.17, 15) is 9.59 Å². The van der Waals surface area contributed by atoms with E-state index in [0.29, 0.717) is 29.2 Å². The molecule has 2 amide bonds. The molecule has 0 saturated heterocycles. The Labute approximate surface area is 178 Å². The average Bonchev–Trinajstić information content (AvgIpc) is 3.31. The van der Waals surface area contributed by atoms with Crippen LogP contribution in [0.25, 0.3) is 10.2 Å². The van der Waals surface area contributed by atoms with Gasteiger partial charge in [0.1, 0.15) is 4.83 Å². The summed E-state index contributed by atoms with van der Waals surface area (Å²) in [6.07, 6.45) is 0.422. The Hall–Kier alpha value is -3.45. The Morgan fingerprint density at radius 2 is 1.67 bits per heavy atom. The molecule has 0 aliphatic carbocycles. The summed E-state index contributed by atoms with van der Waals surface area (Å²) >= 11 is 1.44. The third kappa shape index (κ3) is 4.26. The van der Waals surface area contributed by atoms with Crippen LogP contribution < -0.4 is 10.6 Å². The lowest BCUT2D eigenvalue weighted by Crippen LogP contribution is -2.11. The number of carbonyl (C=O) groups excluding carboxylic acids is 2. The second-order valence-corrected chi connectivity index (χ2v) is 8.02. The lowest BCUT2D eigenvalue weighted by Gasteiger charge is -2.06. The first kappa shape index (κ1) is 19.8. The molecule has 2 N–H and O–H groups in total. The van der Waals surface area contributed by atoms with Crippen molar-refractivity contribution in [2.75, 3.05) is 10.6 Å². The minimum Gasteiger partial charge on any atom is -0.326 e. The maximum atomic E-state index is 12.8. The van der Waals surface area contributed by atoms with Gasteiger partial charge in [-0.1, -0.05) is 37.3 Å². The number of anilines is 2. The third-order valence-corrected chi connectivity index (χ3v) is 5.90. The Bertz CT molecular complexity index is 1190. The number of aryl methyl sites for hydroxylation is 1. The van der Waals surface area contributed by atoms with Crippen LogP contribution in [0, 0.1) is 6.92 Å². The van der Waals surface area contributed by atoms with E-state index in [4.69, 9.17) is 0 Å². The summed E-state index contributed by atoms with van der Waals surface area (Å²) in [4.78, 5) is 25.9. The molecule has 4 rings (SSSR count). The fourth-order valence-corrected chi connectivity index (χ4v) is 4.22. The van der Waals surface area contributed by atoms with E-state index in [1.54, 1.807) is 31.2 Å². The maximum Gasteiger partial charge on any atom is 0.265 e. The van der Waals surface area contributed by atoms with Crippen LogP contribution in [0.1, 0.15) is 34.3 Å². The molecule has 2 aromatic heterocycles. The van der Waals surface area contributed by atoms with E-state index >= 15 is 0 Å². The summed E-state index contributed by atoms with van der Waals surface area (Å²) in [6.45, 7) is 4.43. The lowest BCUT2D eigenvalue weighted by atomic mass is 10.2. The van der Waals surface area contributed by atoms with E-state index in [1.807, 2.05) is 35.9 Å². The first-order valence-corrected chi connectivity index (χ1v) is 10.6. The predicted molar refractivity (Wildman–Crippen MR) is 121 cm³/mol. The van der Waals surface area contributed by atoms with Gasteiger partial charge in [-0.3, -0.25) is 14.3 Å². The normalized spacial score (nSPS) is 10.9. The first-order chi connectivity index (χ1) is 14.5. The molecule has 0 atom stereocenters. The molecule has 6 nitrogen and oxygen atoms in total. The van der Waals surface area contributed by atoms with E-state index in [2.05, 4.69) is 27.9 Å². The summed E-state index contributed by atoms with van der Waals surface area (Å²) < 4.78 is 1.95. The summed E-state index contributed by atoms with van der Waals surface area (Å²) in [5.74, 6) is -0.204. The van der Waals surface area contributed by atoms with Crippen molar-refractivity contribution in [1.82, 2.24) is 9.78 Å². The molecule has 0 fully saturated rings. The molecule has 30 heavy (non-hydrogen) atoms. The number of hydrogen-bond acceptors (Lipinski definition) is 4. The van der Waals surface area contributed by atoms with Gasteiger partial charge in [-0.2, -0.15) is 5.10 Å². The average molecular weight is 419 g/mol. The number of nitrogens with zero attached hydrogens (tertiary/aromatic N) is 2. The van der Waals surface area contributed by atoms with E-state index in [0.717, 1.165) is 21.5 Å². The molecule has 7 heteroatoms. The number of aromatic nitrogens is 2. The molecule has 2 heterocycles. The van der Waals surface area contributed by atoms with Crippen LogP contribution in [-0.2, 0) is 11.3 Å². The van der Waals surface area contributed by atoms with Crippen molar-refractivity contribution >= 4 is 44.7 Å². The minimum absolute atomic E-state index is 0.0445. The van der Waals surface area contributed by atoms with Gasteiger partial charge in [-0.25, -0.2) is 0 Å². The molecule has 4 aromatic rings. The smallest absolute Gasteiger partial charge is 0.265 e. The Balaban J connectivity index is 1.51. The van der Waals surface area contributed by atoms with Gasteiger partial charge in [0.25, 0.3) is 5.91 Å². The van der Waals surface area contributed by atoms with Gasteiger partial charge in [0.05, 0.1) is 17.1 Å². The van der Waals surface area contributed by atoms with Crippen molar-refractivity contribution in [2.24, 2.45) is 0 Å². The zero-order valence-electron chi connectivity index (χ0n) is 16.8. The molecule has 0 spiro atoms. The van der Waals surface area contributed by atoms with Crippen LogP contribution in [0.3, 0.4) is 0 Å². The Morgan fingerprint density at radius 1 is 1.00 bits per heavy atom. The van der Waals surface area contributed by atoms with Crippen molar-refractivity contribution in [3.63, 3.8) is 0 Å². The topological polar surface area (TPSA) is 76.0 Å². The fourth-order valence-electron chi connectivity index (χ4n) is 3.17. The molecule has 152 valence electrons. The van der Waals surface area contributed by atoms with Gasteiger partial charge in [0.2, 0.25) is 5.91 Å². The predicted octanol–water partition coefficient (Wildman–Crippen LogP) is 5.06. The zero-order valence-corrected chi connectivity index (χ0v) is 17.6. The van der Waals surface area contributed by atoms with E-state index < -0.39 is 0 Å². The van der Waals surface area contributed by atoms with Crippen LogP contribution in [0.15, 0.2) is 60.7 Å². The number of thiophene rings is 1. The van der Waals surface area contributed by atoms with Crippen molar-refractivity contribution in [1.29, 1.82) is 0 Å². The molecule has 0 radical (unpaired) electrons. The van der Waals surface area contributed by atoms with E-state index in [-0.39, 0.29) is 11.8 Å². The second-order valence-electron chi connectivity index (χ2n) is 6.99. The van der Waals surface area contributed by atoms with Gasteiger partial charge in [-0.05, 0) is 42.8 Å². The number of rotatable bonds is 6. The molecule has 0 saturated carbocycles. The molecule has 0 aliphatic rings. The molecule has 0 bridgehead atoms. The summed E-state index contributed by atoms with van der Waals surface area (Å²) in [5, 5.41) is 11.3. The number of fused-ring (bicyclic) bond motifs is 1. The van der Waals surface area contributed by atoms with Gasteiger partial charge >= 0.3 is 0 Å². The first-order valence-electron chi connectivity index (χ1n) is 9.75. The van der Waals surface area contributed by atoms with Crippen molar-refractivity contribution in [3.8, 4) is 0 Å². The van der Waals surface area contributed by atoms with Crippen LogP contribution >= 0.6 is 11.3 Å². The lowest BCUT2D eigenvalue weighted by molar-refractivity contribution is -0.115. The SMILES string of the molecule is CCC(=O)Nc1ccc(NC(=O)c2cc3c(C)nn(Cc4ccccc4)c3s2)cc1. The molecular formula is C23H22N4O2S. The quantitative estimate of drug-likeness (QED) is 0.460. The highest BCUT2D eigenvalue weighted by molar-refractivity contribution is 7.20. The van der Waals surface area contributed by atoms with Crippen LogP contribution in [0.5, 0.6) is 0 Å². The van der Waals surface area contributed by atoms with Crippen LogP contribution in [0.4, 0.5) is 11.4 Å². The second kappa shape index (κ2) is 8.51. The van der Waals surface area contributed by atoms with Crippen LogP contribution in [0.2, 0.25) is 0 Å². The number of hydrogen-bond donors (Lipinski definition) is 2. The molecule has 0 aliphatic heterocycles. The van der Waals surface area contributed by atoms with Gasteiger partial charge < -0.3 is 10.6 Å². The zero-order chi connectivity index (χ0) is 21.1. The monoisotopic (exact) mass is 418 g/mol. The molecule has 0 unspecified atom stereocenters. The fraction of sp³-hybridized carbons (Fsp3) is 0.174. The maximum absolute atomic E-state index is 12.8. The van der Waals surface area contributed by atoms with Crippen molar-refractivity contribution in [3.05, 3.63) is 76.8 Å².